The zero-order chi connectivity index (χ0) is 11.0. The van der Waals surface area contributed by atoms with Crippen LogP contribution in [0.2, 0.25) is 0 Å². The highest BCUT2D eigenvalue weighted by molar-refractivity contribution is 6.70. The summed E-state index contributed by atoms with van der Waals surface area (Å²) in [4.78, 5) is 10.4. The molecule has 14 heavy (non-hydrogen) atoms. The van der Waals surface area contributed by atoms with Crippen molar-refractivity contribution in [1.82, 2.24) is 0 Å². The normalized spacial score (nSPS) is 15.1. The summed E-state index contributed by atoms with van der Waals surface area (Å²) >= 11 is 11.7. The van der Waals surface area contributed by atoms with Crippen molar-refractivity contribution in [3.05, 3.63) is 0 Å². The molecule has 0 aromatic carbocycles. The molecular formula is C11H20Cl2O. The fourth-order valence-electron chi connectivity index (χ4n) is 1.43. The number of carbonyl (C=O) groups excluding carboxylic acids is 1. The first kappa shape index (κ1) is 14.2. The van der Waals surface area contributed by atoms with Crippen LogP contribution in [0.4, 0.5) is 0 Å². The van der Waals surface area contributed by atoms with Gasteiger partial charge in [0.05, 0.1) is 0 Å². The van der Waals surface area contributed by atoms with Crippen LogP contribution < -0.4 is 0 Å². The maximum Gasteiger partial charge on any atom is 0.242 e. The standard InChI is InChI=1S/C11H20Cl2O/c1-3-5-7-9-11(13,10(12)14)8-6-4-2/h3-9H2,1-2H3. The minimum Gasteiger partial charge on any atom is -0.279 e. The summed E-state index contributed by atoms with van der Waals surface area (Å²) in [5, 5.41) is -0.385. The van der Waals surface area contributed by atoms with Gasteiger partial charge in [-0.1, -0.05) is 46.0 Å². The summed E-state index contributed by atoms with van der Waals surface area (Å²) in [6.45, 7) is 4.21. The first-order valence-corrected chi connectivity index (χ1v) is 6.21. The molecule has 1 unspecified atom stereocenters. The highest BCUT2D eigenvalue weighted by Crippen LogP contribution is 2.31. The van der Waals surface area contributed by atoms with Gasteiger partial charge >= 0.3 is 0 Å². The lowest BCUT2D eigenvalue weighted by Crippen LogP contribution is -2.28. The van der Waals surface area contributed by atoms with Crippen molar-refractivity contribution in [2.24, 2.45) is 0 Å². The topological polar surface area (TPSA) is 17.1 Å². The van der Waals surface area contributed by atoms with Gasteiger partial charge < -0.3 is 0 Å². The van der Waals surface area contributed by atoms with E-state index in [0.29, 0.717) is 12.8 Å². The number of hydrogen-bond acceptors (Lipinski definition) is 1. The van der Waals surface area contributed by atoms with Gasteiger partial charge in [-0.05, 0) is 24.4 Å². The summed E-state index contributed by atoms with van der Waals surface area (Å²) in [7, 11) is 0. The van der Waals surface area contributed by atoms with Crippen molar-refractivity contribution < 1.29 is 4.79 Å². The summed E-state index contributed by atoms with van der Waals surface area (Å²) < 4.78 is 0. The summed E-state index contributed by atoms with van der Waals surface area (Å²) in [5.41, 5.74) is 0. The summed E-state index contributed by atoms with van der Waals surface area (Å²) in [6.07, 6.45) is 6.67. The van der Waals surface area contributed by atoms with Crippen molar-refractivity contribution in [3.8, 4) is 0 Å². The van der Waals surface area contributed by atoms with E-state index >= 15 is 0 Å². The Bertz CT molecular complexity index is 171. The largest absolute Gasteiger partial charge is 0.279 e. The molecule has 1 atom stereocenters. The number of alkyl halides is 1. The van der Waals surface area contributed by atoms with E-state index in [1.807, 2.05) is 0 Å². The number of halogens is 2. The van der Waals surface area contributed by atoms with Crippen LogP contribution in [0.15, 0.2) is 0 Å². The first-order chi connectivity index (χ1) is 6.56. The van der Waals surface area contributed by atoms with Gasteiger partial charge in [-0.2, -0.15) is 0 Å². The minimum atomic E-state index is -0.799. The zero-order valence-corrected chi connectivity index (χ0v) is 10.6. The van der Waals surface area contributed by atoms with Crippen LogP contribution in [-0.2, 0) is 4.79 Å². The molecule has 0 N–H and O–H groups in total. The monoisotopic (exact) mass is 238 g/mol. The zero-order valence-electron chi connectivity index (χ0n) is 9.11. The summed E-state index contributed by atoms with van der Waals surface area (Å²) in [6, 6.07) is 0. The molecule has 0 fully saturated rings. The molecule has 0 aliphatic carbocycles. The van der Waals surface area contributed by atoms with E-state index in [0.717, 1.165) is 32.1 Å². The van der Waals surface area contributed by atoms with E-state index in [2.05, 4.69) is 13.8 Å². The van der Waals surface area contributed by atoms with Gasteiger partial charge in [0.15, 0.2) is 0 Å². The van der Waals surface area contributed by atoms with Gasteiger partial charge in [-0.15, -0.1) is 11.6 Å². The third-order valence-electron chi connectivity index (χ3n) is 2.46. The minimum absolute atomic E-state index is 0.385. The molecule has 0 saturated heterocycles. The lowest BCUT2D eigenvalue weighted by molar-refractivity contribution is -0.114. The molecule has 3 heteroatoms. The smallest absolute Gasteiger partial charge is 0.242 e. The van der Waals surface area contributed by atoms with Crippen LogP contribution in [-0.4, -0.2) is 10.1 Å². The molecule has 0 saturated carbocycles. The Morgan fingerprint density at radius 2 is 1.57 bits per heavy atom. The molecule has 0 aliphatic rings. The lowest BCUT2D eigenvalue weighted by Gasteiger charge is -2.22. The predicted octanol–water partition coefficient (Wildman–Crippen LogP) is 4.50. The Hall–Kier alpha value is 0.250. The van der Waals surface area contributed by atoms with Crippen molar-refractivity contribution >= 4 is 28.4 Å². The number of carbonyl (C=O) groups is 1. The van der Waals surface area contributed by atoms with Crippen molar-refractivity contribution in [1.29, 1.82) is 0 Å². The molecule has 0 spiro atoms. The van der Waals surface area contributed by atoms with Gasteiger partial charge in [0.1, 0.15) is 4.87 Å². The first-order valence-electron chi connectivity index (χ1n) is 5.45. The highest BCUT2D eigenvalue weighted by Gasteiger charge is 2.33. The molecule has 0 amide bonds. The molecule has 84 valence electrons. The molecule has 0 radical (unpaired) electrons. The molecule has 0 aliphatic heterocycles. The average Bonchev–Trinajstić information content (AvgIpc) is 2.15. The maximum atomic E-state index is 11.2. The molecule has 0 rings (SSSR count). The fourth-order valence-corrected chi connectivity index (χ4v) is 1.89. The molecule has 0 aromatic rings. The molecule has 0 bridgehead atoms. The van der Waals surface area contributed by atoms with Crippen LogP contribution in [0.5, 0.6) is 0 Å². The molecule has 1 nitrogen and oxygen atoms in total. The van der Waals surface area contributed by atoms with Crippen LogP contribution in [0.1, 0.15) is 58.8 Å². The second kappa shape index (κ2) is 7.53. The second-order valence-corrected chi connectivity index (χ2v) is 4.87. The number of hydrogen-bond donors (Lipinski definition) is 0. The SMILES string of the molecule is CCCCCC(Cl)(CCCC)C(=O)Cl. The van der Waals surface area contributed by atoms with E-state index in [1.165, 1.54) is 0 Å². The van der Waals surface area contributed by atoms with Gasteiger partial charge in [0, 0.05) is 0 Å². The van der Waals surface area contributed by atoms with Gasteiger partial charge in [0.2, 0.25) is 5.24 Å². The summed E-state index contributed by atoms with van der Waals surface area (Å²) in [5.74, 6) is 0. The highest BCUT2D eigenvalue weighted by atomic mass is 35.5. The Kier molecular flexibility index (Phi) is 7.66. The average molecular weight is 239 g/mol. The Morgan fingerprint density at radius 3 is 2.00 bits per heavy atom. The lowest BCUT2D eigenvalue weighted by atomic mass is 9.96. The maximum absolute atomic E-state index is 11.2. The molecule has 0 heterocycles. The van der Waals surface area contributed by atoms with Gasteiger partial charge in [-0.25, -0.2) is 0 Å². The van der Waals surface area contributed by atoms with Crippen LogP contribution in [0.3, 0.4) is 0 Å². The predicted molar refractivity (Wildman–Crippen MR) is 63.1 cm³/mol. The van der Waals surface area contributed by atoms with Crippen LogP contribution in [0.25, 0.3) is 0 Å². The fraction of sp³-hybridized carbons (Fsp3) is 0.909. The van der Waals surface area contributed by atoms with E-state index in [9.17, 15) is 4.79 Å². The van der Waals surface area contributed by atoms with Crippen molar-refractivity contribution in [2.45, 2.75) is 63.7 Å². The second-order valence-electron chi connectivity index (χ2n) is 3.80. The Morgan fingerprint density at radius 1 is 1.07 bits per heavy atom. The molecular weight excluding hydrogens is 219 g/mol. The number of rotatable bonds is 8. The van der Waals surface area contributed by atoms with Crippen LogP contribution in [0, 0.1) is 0 Å². The number of unbranched alkanes of at least 4 members (excludes halogenated alkanes) is 3. The van der Waals surface area contributed by atoms with Crippen molar-refractivity contribution in [2.75, 3.05) is 0 Å². The quantitative estimate of drug-likeness (QED) is 0.346. The Balaban J connectivity index is 4.03. The van der Waals surface area contributed by atoms with Gasteiger partial charge in [0.25, 0.3) is 0 Å². The van der Waals surface area contributed by atoms with Crippen molar-refractivity contribution in [3.63, 3.8) is 0 Å². The van der Waals surface area contributed by atoms with E-state index in [-0.39, 0.29) is 5.24 Å². The Labute approximate surface area is 97.2 Å². The van der Waals surface area contributed by atoms with E-state index in [4.69, 9.17) is 23.2 Å². The third-order valence-corrected chi connectivity index (χ3v) is 3.46. The van der Waals surface area contributed by atoms with Crippen LogP contribution >= 0.6 is 23.2 Å². The third kappa shape index (κ3) is 5.21. The van der Waals surface area contributed by atoms with Gasteiger partial charge in [-0.3, -0.25) is 4.79 Å². The van der Waals surface area contributed by atoms with E-state index < -0.39 is 4.87 Å². The van der Waals surface area contributed by atoms with E-state index in [1.54, 1.807) is 0 Å². The molecule has 0 aromatic heterocycles.